The first-order valence-electron chi connectivity index (χ1n) is 6.67. The number of carbonyl (C=O) groups is 1. The normalized spacial score (nSPS) is 10.9. The fourth-order valence-electron chi connectivity index (χ4n) is 2.21. The maximum atomic E-state index is 12.5. The average molecular weight is 313 g/mol. The van der Waals surface area contributed by atoms with E-state index in [1.807, 2.05) is 13.8 Å². The minimum absolute atomic E-state index is 0.294. The van der Waals surface area contributed by atoms with Crippen molar-refractivity contribution in [3.63, 3.8) is 0 Å². The van der Waals surface area contributed by atoms with Gasteiger partial charge in [-0.25, -0.2) is 0 Å². The van der Waals surface area contributed by atoms with E-state index in [1.54, 1.807) is 18.2 Å². The molecule has 0 aromatic heterocycles. The monoisotopic (exact) mass is 312 g/mol. The topological polar surface area (TPSA) is 52.9 Å². The zero-order chi connectivity index (χ0) is 15.2. The van der Waals surface area contributed by atoms with Crippen molar-refractivity contribution in [2.75, 3.05) is 5.32 Å². The Morgan fingerprint density at radius 1 is 1.30 bits per heavy atom. The predicted molar refractivity (Wildman–Crippen MR) is 83.0 cm³/mol. The van der Waals surface area contributed by atoms with Gasteiger partial charge >= 0.3 is 0 Å². The van der Waals surface area contributed by atoms with Gasteiger partial charge < -0.3 is 5.32 Å². The first-order chi connectivity index (χ1) is 9.50. The van der Waals surface area contributed by atoms with Crippen LogP contribution in [-0.4, -0.2) is 5.91 Å². The highest BCUT2D eigenvalue weighted by atomic mass is 35.5. The molecular formula is C15H18Cl2N2O. The number of hydrogen-bond donors (Lipinski definition) is 1. The summed E-state index contributed by atoms with van der Waals surface area (Å²) in [5.41, 5.74) is -0.564. The fourth-order valence-corrected chi connectivity index (χ4v) is 2.56. The lowest BCUT2D eigenvalue weighted by molar-refractivity contribution is -0.123. The number of carbonyl (C=O) groups excluding carboxylic acids is 1. The summed E-state index contributed by atoms with van der Waals surface area (Å²) in [6.45, 7) is 3.92. The number of nitrogens with one attached hydrogen (secondary N) is 1. The highest BCUT2D eigenvalue weighted by Gasteiger charge is 2.37. The Labute approximate surface area is 129 Å². The second-order valence-electron chi connectivity index (χ2n) is 4.75. The third-order valence-electron chi connectivity index (χ3n) is 3.20. The van der Waals surface area contributed by atoms with E-state index in [-0.39, 0.29) is 5.91 Å². The number of benzene rings is 1. The second-order valence-corrected chi connectivity index (χ2v) is 5.53. The Morgan fingerprint density at radius 2 is 1.90 bits per heavy atom. The van der Waals surface area contributed by atoms with Crippen LogP contribution in [0.4, 0.5) is 5.69 Å². The van der Waals surface area contributed by atoms with Crippen LogP contribution in [0.15, 0.2) is 18.2 Å². The molecule has 0 spiro atoms. The van der Waals surface area contributed by atoms with Gasteiger partial charge in [0.25, 0.3) is 0 Å². The summed E-state index contributed by atoms with van der Waals surface area (Å²) in [6.07, 6.45) is 2.59. The highest BCUT2D eigenvalue weighted by Crippen LogP contribution is 2.34. The van der Waals surface area contributed by atoms with Gasteiger partial charge in [0.15, 0.2) is 0 Å². The Hall–Kier alpha value is -1.24. The minimum atomic E-state index is -1.00. The van der Waals surface area contributed by atoms with Crippen LogP contribution in [0.1, 0.15) is 39.5 Å². The summed E-state index contributed by atoms with van der Waals surface area (Å²) < 4.78 is 0. The summed E-state index contributed by atoms with van der Waals surface area (Å²) in [4.78, 5) is 12.5. The molecular weight excluding hydrogens is 295 g/mol. The molecule has 1 N–H and O–H groups in total. The van der Waals surface area contributed by atoms with Gasteiger partial charge in [0.1, 0.15) is 5.41 Å². The van der Waals surface area contributed by atoms with Gasteiger partial charge in [0, 0.05) is 0 Å². The van der Waals surface area contributed by atoms with E-state index in [4.69, 9.17) is 23.2 Å². The largest absolute Gasteiger partial charge is 0.323 e. The van der Waals surface area contributed by atoms with Crippen LogP contribution in [0.5, 0.6) is 0 Å². The van der Waals surface area contributed by atoms with E-state index in [0.717, 1.165) is 12.8 Å². The van der Waals surface area contributed by atoms with Crippen molar-refractivity contribution in [1.82, 2.24) is 0 Å². The van der Waals surface area contributed by atoms with Crippen molar-refractivity contribution >= 4 is 34.8 Å². The molecule has 0 aliphatic rings. The Kier molecular flexibility index (Phi) is 6.32. The van der Waals surface area contributed by atoms with Crippen LogP contribution in [0.2, 0.25) is 10.0 Å². The molecule has 5 heteroatoms. The Balaban J connectivity index is 3.02. The van der Waals surface area contributed by atoms with Crippen molar-refractivity contribution in [1.29, 1.82) is 5.26 Å². The number of rotatable bonds is 6. The zero-order valence-corrected chi connectivity index (χ0v) is 13.2. The number of halogens is 2. The van der Waals surface area contributed by atoms with E-state index in [1.165, 1.54) is 0 Å². The van der Waals surface area contributed by atoms with Crippen LogP contribution in [0.3, 0.4) is 0 Å². The predicted octanol–water partition coefficient (Wildman–Crippen LogP) is 5.04. The molecule has 1 aromatic rings. The third-order valence-corrected chi connectivity index (χ3v) is 4.02. The number of amides is 1. The molecule has 1 amide bonds. The molecule has 0 heterocycles. The molecule has 0 unspecified atom stereocenters. The van der Waals surface area contributed by atoms with Crippen LogP contribution in [0, 0.1) is 16.7 Å². The smallest absolute Gasteiger partial charge is 0.244 e. The van der Waals surface area contributed by atoms with Gasteiger partial charge in [0.05, 0.1) is 21.8 Å². The van der Waals surface area contributed by atoms with Gasteiger partial charge in [-0.05, 0) is 25.0 Å². The van der Waals surface area contributed by atoms with E-state index in [9.17, 15) is 10.1 Å². The molecule has 0 radical (unpaired) electrons. The van der Waals surface area contributed by atoms with Crippen molar-refractivity contribution in [3.05, 3.63) is 28.2 Å². The molecule has 1 aromatic carbocycles. The second kappa shape index (κ2) is 7.52. The van der Waals surface area contributed by atoms with E-state index >= 15 is 0 Å². The molecule has 108 valence electrons. The summed E-state index contributed by atoms with van der Waals surface area (Å²) in [7, 11) is 0. The summed E-state index contributed by atoms with van der Waals surface area (Å²) >= 11 is 12.0. The maximum Gasteiger partial charge on any atom is 0.244 e. The van der Waals surface area contributed by atoms with Crippen LogP contribution >= 0.6 is 23.2 Å². The van der Waals surface area contributed by atoms with Crippen molar-refractivity contribution < 1.29 is 4.79 Å². The maximum absolute atomic E-state index is 12.5. The molecule has 0 fully saturated rings. The van der Waals surface area contributed by atoms with Crippen LogP contribution < -0.4 is 5.32 Å². The first-order valence-corrected chi connectivity index (χ1v) is 7.43. The molecule has 0 aliphatic heterocycles. The van der Waals surface area contributed by atoms with E-state index in [2.05, 4.69) is 11.4 Å². The van der Waals surface area contributed by atoms with E-state index in [0.29, 0.717) is 28.6 Å². The van der Waals surface area contributed by atoms with Gasteiger partial charge in [-0.1, -0.05) is 56.0 Å². The Morgan fingerprint density at radius 3 is 2.40 bits per heavy atom. The fraction of sp³-hybridized carbons (Fsp3) is 0.467. The molecule has 0 bridgehead atoms. The molecule has 0 saturated heterocycles. The first kappa shape index (κ1) is 16.8. The zero-order valence-electron chi connectivity index (χ0n) is 11.7. The quantitative estimate of drug-likeness (QED) is 0.799. The summed E-state index contributed by atoms with van der Waals surface area (Å²) in [5.74, 6) is -0.312. The van der Waals surface area contributed by atoms with E-state index < -0.39 is 5.41 Å². The number of nitrogens with zero attached hydrogens (tertiary/aromatic N) is 1. The lowest BCUT2D eigenvalue weighted by atomic mass is 9.79. The van der Waals surface area contributed by atoms with Gasteiger partial charge in [-0.15, -0.1) is 0 Å². The summed E-state index contributed by atoms with van der Waals surface area (Å²) in [6, 6.07) is 7.21. The lowest BCUT2D eigenvalue weighted by Gasteiger charge is -2.24. The van der Waals surface area contributed by atoms with Gasteiger partial charge in [-0.3, -0.25) is 4.79 Å². The Bertz CT molecular complexity index is 517. The number of nitriles is 1. The number of anilines is 1. The highest BCUT2D eigenvalue weighted by molar-refractivity contribution is 6.44. The minimum Gasteiger partial charge on any atom is -0.323 e. The van der Waals surface area contributed by atoms with Crippen molar-refractivity contribution in [2.24, 2.45) is 5.41 Å². The summed E-state index contributed by atoms with van der Waals surface area (Å²) in [5, 5.41) is 12.8. The third kappa shape index (κ3) is 3.65. The molecule has 0 saturated carbocycles. The molecule has 3 nitrogen and oxygen atoms in total. The van der Waals surface area contributed by atoms with Crippen molar-refractivity contribution in [3.8, 4) is 6.07 Å². The lowest BCUT2D eigenvalue weighted by Crippen LogP contribution is -2.35. The van der Waals surface area contributed by atoms with Gasteiger partial charge in [-0.2, -0.15) is 5.26 Å². The molecule has 20 heavy (non-hydrogen) atoms. The molecule has 0 aliphatic carbocycles. The molecule has 1 rings (SSSR count). The van der Waals surface area contributed by atoms with Crippen LogP contribution in [-0.2, 0) is 4.79 Å². The van der Waals surface area contributed by atoms with Crippen LogP contribution in [0.25, 0.3) is 0 Å². The SMILES string of the molecule is CCCC(C#N)(CCC)C(=O)Nc1cccc(Cl)c1Cl. The molecule has 0 atom stereocenters. The average Bonchev–Trinajstić information content (AvgIpc) is 2.43. The number of hydrogen-bond acceptors (Lipinski definition) is 2. The standard InChI is InChI=1S/C15H18Cl2N2O/c1-3-8-15(10-18,9-4-2)14(20)19-12-7-5-6-11(16)13(12)17/h5-7H,3-4,8-9H2,1-2H3,(H,19,20). The van der Waals surface area contributed by atoms with Crippen molar-refractivity contribution in [2.45, 2.75) is 39.5 Å². The van der Waals surface area contributed by atoms with Gasteiger partial charge in [0.2, 0.25) is 5.91 Å².